The van der Waals surface area contributed by atoms with Gasteiger partial charge in [0.25, 0.3) is 11.6 Å². The molecule has 0 aliphatic carbocycles. The Morgan fingerprint density at radius 3 is 1.94 bits per heavy atom. The lowest BCUT2D eigenvalue weighted by molar-refractivity contribution is -0.384. The summed E-state index contributed by atoms with van der Waals surface area (Å²) < 4.78 is 5.46. The number of ether oxygens (including phenoxy) is 1. The van der Waals surface area contributed by atoms with Crippen molar-refractivity contribution < 1.29 is 34.3 Å². The van der Waals surface area contributed by atoms with Gasteiger partial charge in [-0.15, -0.1) is 0 Å². The van der Waals surface area contributed by atoms with Crippen LogP contribution < -0.4 is 4.74 Å². The number of piperazine rings is 1. The molecule has 2 aromatic carbocycles. The Morgan fingerprint density at radius 1 is 0.939 bits per heavy atom. The van der Waals surface area contributed by atoms with E-state index < -0.39 is 16.9 Å². The van der Waals surface area contributed by atoms with E-state index in [0.717, 1.165) is 25.4 Å². The SMILES string of the molecule is CCOc1ccc(CN2CCN(C(=O)c3ccc([N+](=O)[O-])cc3)CC2)cc1.O=C(O)C(=O)O. The smallest absolute Gasteiger partial charge is 0.414 e. The Morgan fingerprint density at radius 2 is 1.48 bits per heavy atom. The van der Waals surface area contributed by atoms with Crippen LogP contribution in [0.25, 0.3) is 0 Å². The highest BCUT2D eigenvalue weighted by atomic mass is 16.6. The third kappa shape index (κ3) is 7.89. The molecule has 0 bridgehead atoms. The molecular weight excluding hydrogens is 434 g/mol. The second-order valence-electron chi connectivity index (χ2n) is 7.06. The van der Waals surface area contributed by atoms with Crippen LogP contribution in [0.4, 0.5) is 5.69 Å². The number of nitrogens with zero attached hydrogens (tertiary/aromatic N) is 3. The predicted molar refractivity (Wildman–Crippen MR) is 117 cm³/mol. The summed E-state index contributed by atoms with van der Waals surface area (Å²) in [5, 5.41) is 25.5. The van der Waals surface area contributed by atoms with Crippen LogP contribution in [-0.4, -0.2) is 75.6 Å². The lowest BCUT2D eigenvalue weighted by atomic mass is 10.1. The van der Waals surface area contributed by atoms with Crippen LogP contribution in [-0.2, 0) is 16.1 Å². The number of hydrogen-bond acceptors (Lipinski definition) is 7. The maximum Gasteiger partial charge on any atom is 0.414 e. The number of nitro groups is 1. The summed E-state index contributed by atoms with van der Waals surface area (Å²) in [5.74, 6) is -2.85. The van der Waals surface area contributed by atoms with Crippen LogP contribution in [0.5, 0.6) is 5.75 Å². The maximum atomic E-state index is 12.6. The highest BCUT2D eigenvalue weighted by molar-refractivity contribution is 6.27. The number of carboxylic acids is 2. The summed E-state index contributed by atoms with van der Waals surface area (Å²) in [7, 11) is 0. The highest BCUT2D eigenvalue weighted by Gasteiger charge is 2.22. The van der Waals surface area contributed by atoms with Crippen molar-refractivity contribution in [1.82, 2.24) is 9.80 Å². The van der Waals surface area contributed by atoms with Crippen molar-refractivity contribution in [2.24, 2.45) is 0 Å². The van der Waals surface area contributed by atoms with Crippen LogP contribution >= 0.6 is 0 Å². The number of carbonyl (C=O) groups excluding carboxylic acids is 1. The van der Waals surface area contributed by atoms with E-state index in [9.17, 15) is 14.9 Å². The third-order valence-corrected chi connectivity index (χ3v) is 4.81. The van der Waals surface area contributed by atoms with Gasteiger partial charge in [-0.1, -0.05) is 12.1 Å². The van der Waals surface area contributed by atoms with E-state index in [4.69, 9.17) is 24.5 Å². The molecule has 11 heteroatoms. The molecule has 0 spiro atoms. The highest BCUT2D eigenvalue weighted by Crippen LogP contribution is 2.17. The van der Waals surface area contributed by atoms with Crippen molar-refractivity contribution in [1.29, 1.82) is 0 Å². The summed E-state index contributed by atoms with van der Waals surface area (Å²) in [5.41, 5.74) is 1.70. The van der Waals surface area contributed by atoms with E-state index in [1.807, 2.05) is 19.1 Å². The van der Waals surface area contributed by atoms with Crippen molar-refractivity contribution in [2.75, 3.05) is 32.8 Å². The first-order chi connectivity index (χ1) is 15.7. The molecule has 0 radical (unpaired) electrons. The molecule has 2 N–H and O–H groups in total. The molecule has 2 aromatic rings. The van der Waals surface area contributed by atoms with Gasteiger partial charge in [-0.2, -0.15) is 0 Å². The number of rotatable bonds is 6. The van der Waals surface area contributed by atoms with E-state index in [1.165, 1.54) is 29.8 Å². The molecule has 1 amide bonds. The zero-order chi connectivity index (χ0) is 24.4. The molecule has 3 rings (SSSR count). The van der Waals surface area contributed by atoms with Crippen LogP contribution in [0.2, 0.25) is 0 Å². The first kappa shape index (κ1) is 25.3. The van der Waals surface area contributed by atoms with Gasteiger partial charge >= 0.3 is 11.9 Å². The molecule has 1 aliphatic heterocycles. The average Bonchev–Trinajstić information content (AvgIpc) is 2.81. The van der Waals surface area contributed by atoms with E-state index in [2.05, 4.69) is 17.0 Å². The molecule has 0 saturated carbocycles. The minimum absolute atomic E-state index is 0.00766. The van der Waals surface area contributed by atoms with E-state index >= 15 is 0 Å². The molecule has 11 nitrogen and oxygen atoms in total. The number of aliphatic carboxylic acids is 2. The van der Waals surface area contributed by atoms with Gasteiger partial charge in [0.05, 0.1) is 11.5 Å². The number of amides is 1. The molecule has 1 heterocycles. The number of benzene rings is 2. The van der Waals surface area contributed by atoms with Crippen molar-refractivity contribution in [2.45, 2.75) is 13.5 Å². The zero-order valence-electron chi connectivity index (χ0n) is 18.0. The van der Waals surface area contributed by atoms with Crippen LogP contribution in [0.15, 0.2) is 48.5 Å². The summed E-state index contributed by atoms with van der Waals surface area (Å²) in [4.78, 5) is 45.1. The molecule has 176 valence electrons. The Labute approximate surface area is 189 Å². The largest absolute Gasteiger partial charge is 0.494 e. The van der Waals surface area contributed by atoms with Gasteiger partial charge in [0, 0.05) is 50.4 Å². The van der Waals surface area contributed by atoms with Crippen molar-refractivity contribution >= 4 is 23.5 Å². The number of carboxylic acid groups (broad SMARTS) is 2. The minimum atomic E-state index is -1.82. The molecule has 1 saturated heterocycles. The van der Waals surface area contributed by atoms with E-state index in [0.29, 0.717) is 25.3 Å². The van der Waals surface area contributed by atoms with Crippen molar-refractivity contribution in [3.05, 3.63) is 69.8 Å². The van der Waals surface area contributed by atoms with E-state index in [1.54, 1.807) is 4.90 Å². The van der Waals surface area contributed by atoms with Gasteiger partial charge in [-0.3, -0.25) is 19.8 Å². The average molecular weight is 459 g/mol. The summed E-state index contributed by atoms with van der Waals surface area (Å²) >= 11 is 0. The molecule has 1 aliphatic rings. The van der Waals surface area contributed by atoms with Gasteiger partial charge in [-0.05, 0) is 36.8 Å². The van der Waals surface area contributed by atoms with Crippen LogP contribution in [0, 0.1) is 10.1 Å². The fraction of sp³-hybridized carbons (Fsp3) is 0.318. The summed E-state index contributed by atoms with van der Waals surface area (Å²) in [6.07, 6.45) is 0. The zero-order valence-corrected chi connectivity index (χ0v) is 18.0. The van der Waals surface area contributed by atoms with Gasteiger partial charge in [-0.25, -0.2) is 9.59 Å². The lowest BCUT2D eigenvalue weighted by Gasteiger charge is -2.34. The molecule has 0 aromatic heterocycles. The minimum Gasteiger partial charge on any atom is -0.494 e. The Kier molecular flexibility index (Phi) is 9.30. The number of nitro benzene ring substituents is 1. The molecule has 0 unspecified atom stereocenters. The van der Waals surface area contributed by atoms with Gasteiger partial charge in [0.15, 0.2) is 0 Å². The second kappa shape index (κ2) is 12.2. The van der Waals surface area contributed by atoms with Gasteiger partial charge < -0.3 is 19.8 Å². The quantitative estimate of drug-likeness (QED) is 0.376. The fourth-order valence-electron chi connectivity index (χ4n) is 3.13. The normalized spacial score (nSPS) is 13.4. The van der Waals surface area contributed by atoms with Crippen molar-refractivity contribution in [3.8, 4) is 5.75 Å². The van der Waals surface area contributed by atoms with Crippen molar-refractivity contribution in [3.63, 3.8) is 0 Å². The van der Waals surface area contributed by atoms with Gasteiger partial charge in [0.2, 0.25) is 0 Å². The second-order valence-corrected chi connectivity index (χ2v) is 7.06. The van der Waals surface area contributed by atoms with E-state index in [-0.39, 0.29) is 11.6 Å². The Bertz CT molecular complexity index is 956. The summed E-state index contributed by atoms with van der Waals surface area (Å²) in [6.45, 7) is 6.35. The van der Waals surface area contributed by atoms with Crippen LogP contribution in [0.1, 0.15) is 22.8 Å². The number of non-ortho nitro benzene ring substituents is 1. The molecular formula is C22H25N3O8. The van der Waals surface area contributed by atoms with Crippen LogP contribution in [0.3, 0.4) is 0 Å². The summed E-state index contributed by atoms with van der Waals surface area (Å²) in [6, 6.07) is 13.9. The Balaban J connectivity index is 0.000000569. The topological polar surface area (TPSA) is 151 Å². The third-order valence-electron chi connectivity index (χ3n) is 4.81. The lowest BCUT2D eigenvalue weighted by Crippen LogP contribution is -2.48. The standard InChI is InChI=1S/C20H23N3O4.C2H2O4/c1-2-27-19-9-3-16(4-10-19)15-21-11-13-22(14-12-21)20(24)17-5-7-18(8-6-17)23(25)26;3-1(4)2(5)6/h3-10H,2,11-15H2,1H3;(H,3,4)(H,5,6). The number of carbonyl (C=O) groups is 3. The molecule has 33 heavy (non-hydrogen) atoms. The molecule has 1 fully saturated rings. The first-order valence-corrected chi connectivity index (χ1v) is 10.1. The predicted octanol–water partition coefficient (Wildman–Crippen LogP) is 2.11. The molecule has 0 atom stereocenters. The number of hydrogen-bond donors (Lipinski definition) is 2. The monoisotopic (exact) mass is 459 g/mol. The maximum absolute atomic E-state index is 12.6. The Hall–Kier alpha value is -3.99. The first-order valence-electron chi connectivity index (χ1n) is 10.1. The van der Waals surface area contributed by atoms with Gasteiger partial charge in [0.1, 0.15) is 5.75 Å². The fourth-order valence-corrected chi connectivity index (χ4v) is 3.13.